The summed E-state index contributed by atoms with van der Waals surface area (Å²) in [5.41, 5.74) is 3.07. The molecule has 0 radical (unpaired) electrons. The van der Waals surface area contributed by atoms with Crippen LogP contribution >= 0.6 is 0 Å². The Bertz CT molecular complexity index is 378. The lowest BCUT2D eigenvalue weighted by molar-refractivity contribution is 0.156. The van der Waals surface area contributed by atoms with Crippen molar-refractivity contribution in [3.8, 4) is 0 Å². The van der Waals surface area contributed by atoms with Gasteiger partial charge in [-0.1, -0.05) is 31.5 Å². The average Bonchev–Trinajstić information content (AvgIpc) is 2.25. The van der Waals surface area contributed by atoms with Crippen molar-refractivity contribution in [3.63, 3.8) is 0 Å². The van der Waals surface area contributed by atoms with Gasteiger partial charge in [-0.2, -0.15) is 0 Å². The second kappa shape index (κ2) is 6.69. The number of hydrogen-bond acceptors (Lipinski definition) is 2. The predicted octanol–water partition coefficient (Wildman–Crippen LogP) is 3.19. The van der Waals surface area contributed by atoms with E-state index in [9.17, 15) is 8.78 Å². The van der Waals surface area contributed by atoms with E-state index >= 15 is 0 Å². The van der Waals surface area contributed by atoms with Gasteiger partial charge in [-0.3, -0.25) is 0 Å². The number of nitrogens with zero attached hydrogens (tertiary/aromatic N) is 1. The number of anilines is 1. The molecular weight excluding hydrogens is 234 g/mol. The van der Waals surface area contributed by atoms with Crippen molar-refractivity contribution in [2.24, 2.45) is 0 Å². The van der Waals surface area contributed by atoms with Gasteiger partial charge >= 0.3 is 0 Å². The van der Waals surface area contributed by atoms with Gasteiger partial charge in [0.05, 0.1) is 6.54 Å². The third kappa shape index (κ3) is 4.61. The number of rotatable bonds is 6. The van der Waals surface area contributed by atoms with Gasteiger partial charge in [-0.15, -0.1) is 0 Å². The van der Waals surface area contributed by atoms with Gasteiger partial charge in [0, 0.05) is 25.3 Å². The Morgan fingerprint density at radius 2 is 1.94 bits per heavy atom. The summed E-state index contributed by atoms with van der Waals surface area (Å²) in [5.74, 6) is 0. The van der Waals surface area contributed by atoms with E-state index in [-0.39, 0.29) is 6.54 Å². The molecule has 1 N–H and O–H groups in total. The number of aryl methyl sites for hydroxylation is 1. The molecule has 0 atom stereocenters. The first-order chi connectivity index (χ1) is 8.40. The number of halogens is 2. The summed E-state index contributed by atoms with van der Waals surface area (Å²) in [4.78, 5) is 1.61. The average molecular weight is 256 g/mol. The normalized spacial score (nSPS) is 11.3. The number of benzene rings is 1. The summed E-state index contributed by atoms with van der Waals surface area (Å²) in [6.45, 7) is 6.60. The molecule has 0 fully saturated rings. The second-order valence-corrected chi connectivity index (χ2v) is 4.94. The van der Waals surface area contributed by atoms with Crippen LogP contribution in [0.25, 0.3) is 0 Å². The van der Waals surface area contributed by atoms with Crippen molar-refractivity contribution in [2.75, 3.05) is 18.5 Å². The van der Waals surface area contributed by atoms with Gasteiger partial charge in [0.1, 0.15) is 0 Å². The van der Waals surface area contributed by atoms with Crippen LogP contribution in [0, 0.1) is 6.92 Å². The number of hydrogen-bond donors (Lipinski definition) is 1. The maximum absolute atomic E-state index is 12.4. The largest absolute Gasteiger partial charge is 0.369 e. The Hall–Kier alpha value is -1.16. The minimum Gasteiger partial charge on any atom is -0.369 e. The molecule has 1 rings (SSSR count). The van der Waals surface area contributed by atoms with Crippen LogP contribution in [0.5, 0.6) is 0 Å². The van der Waals surface area contributed by atoms with Crippen LogP contribution in [0.2, 0.25) is 0 Å². The van der Waals surface area contributed by atoms with Gasteiger partial charge in [-0.05, 0) is 18.6 Å². The molecule has 0 aliphatic rings. The van der Waals surface area contributed by atoms with Crippen LogP contribution < -0.4 is 10.2 Å². The molecule has 0 aliphatic carbocycles. The molecule has 0 aromatic heterocycles. The number of nitrogens with one attached hydrogen (secondary N) is 1. The molecule has 0 amide bonds. The SMILES string of the molecule is Cc1ccc(N(C)CC(F)F)c(CNC(C)C)c1. The summed E-state index contributed by atoms with van der Waals surface area (Å²) in [6, 6.07) is 6.29. The Labute approximate surface area is 108 Å². The van der Waals surface area contributed by atoms with Gasteiger partial charge in [0.2, 0.25) is 0 Å². The van der Waals surface area contributed by atoms with E-state index in [1.807, 2.05) is 25.1 Å². The third-order valence-electron chi connectivity index (χ3n) is 2.76. The zero-order chi connectivity index (χ0) is 13.7. The maximum Gasteiger partial charge on any atom is 0.255 e. The summed E-state index contributed by atoms with van der Waals surface area (Å²) in [6.07, 6.45) is -2.32. The molecule has 4 heteroatoms. The molecule has 18 heavy (non-hydrogen) atoms. The van der Waals surface area contributed by atoms with Gasteiger partial charge in [-0.25, -0.2) is 8.78 Å². The van der Waals surface area contributed by atoms with E-state index in [1.165, 1.54) is 0 Å². The van der Waals surface area contributed by atoms with Crippen LogP contribution in [-0.2, 0) is 6.54 Å². The first-order valence-corrected chi connectivity index (χ1v) is 6.22. The molecule has 0 bridgehead atoms. The molecular formula is C14H22F2N2. The molecule has 102 valence electrons. The molecule has 0 aliphatic heterocycles. The summed E-state index contributed by atoms with van der Waals surface area (Å²) < 4.78 is 24.9. The van der Waals surface area contributed by atoms with Crippen molar-refractivity contribution in [1.29, 1.82) is 0 Å². The quantitative estimate of drug-likeness (QED) is 0.841. The molecule has 1 aromatic rings. The van der Waals surface area contributed by atoms with Crippen molar-refractivity contribution in [3.05, 3.63) is 29.3 Å². The standard InChI is InChI=1S/C14H22F2N2/c1-10(2)17-8-12-7-11(3)5-6-13(12)18(4)9-14(15)16/h5-7,10,14,17H,8-9H2,1-4H3. The highest BCUT2D eigenvalue weighted by Crippen LogP contribution is 2.21. The maximum atomic E-state index is 12.4. The van der Waals surface area contributed by atoms with E-state index in [0.717, 1.165) is 16.8 Å². The Kier molecular flexibility index (Phi) is 5.54. The lowest BCUT2D eigenvalue weighted by atomic mass is 10.1. The van der Waals surface area contributed by atoms with Gasteiger partial charge < -0.3 is 10.2 Å². The highest BCUT2D eigenvalue weighted by molar-refractivity contribution is 5.54. The highest BCUT2D eigenvalue weighted by Gasteiger charge is 2.12. The fourth-order valence-corrected chi connectivity index (χ4v) is 1.85. The first kappa shape index (κ1) is 14.9. The smallest absolute Gasteiger partial charge is 0.255 e. The minimum absolute atomic E-state index is 0.238. The van der Waals surface area contributed by atoms with Crippen molar-refractivity contribution >= 4 is 5.69 Å². The molecule has 0 saturated heterocycles. The monoisotopic (exact) mass is 256 g/mol. The summed E-state index contributed by atoms with van der Waals surface area (Å²) in [5, 5.41) is 3.32. The molecule has 2 nitrogen and oxygen atoms in total. The third-order valence-corrected chi connectivity index (χ3v) is 2.76. The molecule has 0 saturated carbocycles. The Morgan fingerprint density at radius 1 is 1.28 bits per heavy atom. The molecule has 0 unspecified atom stereocenters. The van der Waals surface area contributed by atoms with Crippen LogP contribution in [0.4, 0.5) is 14.5 Å². The zero-order valence-electron chi connectivity index (χ0n) is 11.5. The van der Waals surface area contributed by atoms with Crippen molar-refractivity contribution in [1.82, 2.24) is 5.32 Å². The topological polar surface area (TPSA) is 15.3 Å². The van der Waals surface area contributed by atoms with Crippen molar-refractivity contribution < 1.29 is 8.78 Å². The second-order valence-electron chi connectivity index (χ2n) is 4.94. The lowest BCUT2D eigenvalue weighted by Crippen LogP contribution is -2.27. The summed E-state index contributed by atoms with van der Waals surface area (Å²) >= 11 is 0. The van der Waals surface area contributed by atoms with Crippen LogP contribution in [0.15, 0.2) is 18.2 Å². The molecule has 0 spiro atoms. The van der Waals surface area contributed by atoms with Crippen LogP contribution in [0.3, 0.4) is 0 Å². The zero-order valence-corrected chi connectivity index (χ0v) is 11.5. The minimum atomic E-state index is -2.32. The first-order valence-electron chi connectivity index (χ1n) is 6.22. The van der Waals surface area contributed by atoms with Crippen LogP contribution in [-0.4, -0.2) is 26.1 Å². The van der Waals surface area contributed by atoms with E-state index < -0.39 is 6.43 Å². The Morgan fingerprint density at radius 3 is 2.50 bits per heavy atom. The molecule has 1 aromatic carbocycles. The van der Waals surface area contributed by atoms with E-state index in [0.29, 0.717) is 12.6 Å². The fourth-order valence-electron chi connectivity index (χ4n) is 1.85. The van der Waals surface area contributed by atoms with E-state index in [1.54, 1.807) is 11.9 Å². The number of alkyl halides is 2. The van der Waals surface area contributed by atoms with E-state index in [4.69, 9.17) is 0 Å². The predicted molar refractivity (Wildman–Crippen MR) is 72.4 cm³/mol. The lowest BCUT2D eigenvalue weighted by Gasteiger charge is -2.23. The Balaban J connectivity index is 2.88. The van der Waals surface area contributed by atoms with Crippen LogP contribution in [0.1, 0.15) is 25.0 Å². The highest BCUT2D eigenvalue weighted by atomic mass is 19.3. The van der Waals surface area contributed by atoms with Gasteiger partial charge in [0.25, 0.3) is 6.43 Å². The van der Waals surface area contributed by atoms with Gasteiger partial charge in [0.15, 0.2) is 0 Å². The van der Waals surface area contributed by atoms with Crippen molar-refractivity contribution in [2.45, 2.75) is 39.8 Å². The summed E-state index contributed by atoms with van der Waals surface area (Å²) in [7, 11) is 1.70. The van der Waals surface area contributed by atoms with E-state index in [2.05, 4.69) is 19.2 Å². The molecule has 0 heterocycles. The fraction of sp³-hybridized carbons (Fsp3) is 0.571.